The van der Waals surface area contributed by atoms with Crippen LogP contribution in [0, 0.1) is 0 Å². The van der Waals surface area contributed by atoms with Gasteiger partial charge >= 0.3 is 6.18 Å². The fraction of sp³-hybridized carbons (Fsp3) is 0.235. The molecule has 0 amide bonds. The summed E-state index contributed by atoms with van der Waals surface area (Å²) in [6, 6.07) is 14.3. The van der Waals surface area contributed by atoms with Gasteiger partial charge in [-0.05, 0) is 30.5 Å². The van der Waals surface area contributed by atoms with Gasteiger partial charge in [0.2, 0.25) is 0 Å². The topological polar surface area (TPSA) is 17.1 Å². The average molecular weight is 292 g/mol. The zero-order valence-electron chi connectivity index (χ0n) is 11.5. The summed E-state index contributed by atoms with van der Waals surface area (Å²) in [7, 11) is 0. The largest absolute Gasteiger partial charge is 0.416 e. The van der Waals surface area contributed by atoms with Gasteiger partial charge in [0.05, 0.1) is 5.56 Å². The molecule has 1 unspecified atom stereocenters. The van der Waals surface area contributed by atoms with Crippen LogP contribution in [0.15, 0.2) is 54.6 Å². The Bertz CT molecular complexity index is 617. The Labute approximate surface area is 121 Å². The molecule has 0 N–H and O–H groups in total. The SMILES string of the molecule is CC(=O)C(Cc1ccccc1)c1cccc(C(F)(F)F)c1. The van der Waals surface area contributed by atoms with Crippen LogP contribution in [0.4, 0.5) is 13.2 Å². The van der Waals surface area contributed by atoms with E-state index < -0.39 is 17.7 Å². The van der Waals surface area contributed by atoms with E-state index in [1.807, 2.05) is 30.3 Å². The van der Waals surface area contributed by atoms with Gasteiger partial charge in [-0.25, -0.2) is 0 Å². The lowest BCUT2D eigenvalue weighted by Gasteiger charge is -2.16. The van der Waals surface area contributed by atoms with Gasteiger partial charge in [-0.1, -0.05) is 48.5 Å². The van der Waals surface area contributed by atoms with Crippen LogP contribution in [0.1, 0.15) is 29.5 Å². The molecule has 0 radical (unpaired) electrons. The van der Waals surface area contributed by atoms with Crippen molar-refractivity contribution in [1.82, 2.24) is 0 Å². The maximum atomic E-state index is 12.8. The molecule has 0 saturated heterocycles. The summed E-state index contributed by atoms with van der Waals surface area (Å²) in [5.74, 6) is -0.701. The van der Waals surface area contributed by atoms with Crippen molar-refractivity contribution in [2.75, 3.05) is 0 Å². The molecule has 2 rings (SSSR count). The maximum Gasteiger partial charge on any atom is 0.416 e. The molecule has 0 fully saturated rings. The van der Waals surface area contributed by atoms with Crippen molar-refractivity contribution < 1.29 is 18.0 Å². The van der Waals surface area contributed by atoms with E-state index in [4.69, 9.17) is 0 Å². The van der Waals surface area contributed by atoms with E-state index in [0.29, 0.717) is 12.0 Å². The molecule has 1 atom stereocenters. The van der Waals surface area contributed by atoms with Gasteiger partial charge in [-0.3, -0.25) is 4.79 Å². The Morgan fingerprint density at radius 1 is 1.05 bits per heavy atom. The lowest BCUT2D eigenvalue weighted by molar-refractivity contribution is -0.137. The van der Waals surface area contributed by atoms with Crippen LogP contribution in [0.2, 0.25) is 0 Å². The summed E-state index contributed by atoms with van der Waals surface area (Å²) >= 11 is 0. The van der Waals surface area contributed by atoms with E-state index >= 15 is 0 Å². The Morgan fingerprint density at radius 3 is 2.29 bits per heavy atom. The predicted molar refractivity (Wildman–Crippen MR) is 75.0 cm³/mol. The highest BCUT2D eigenvalue weighted by Gasteiger charge is 2.31. The molecule has 0 heterocycles. The second-order valence-electron chi connectivity index (χ2n) is 4.98. The molecule has 110 valence electrons. The van der Waals surface area contributed by atoms with Crippen molar-refractivity contribution in [3.05, 3.63) is 71.3 Å². The summed E-state index contributed by atoms with van der Waals surface area (Å²) in [6.07, 6.45) is -4.00. The summed E-state index contributed by atoms with van der Waals surface area (Å²) in [6.45, 7) is 1.41. The second kappa shape index (κ2) is 6.12. The summed E-state index contributed by atoms with van der Waals surface area (Å²) in [5.41, 5.74) is 0.607. The smallest absolute Gasteiger partial charge is 0.299 e. The summed E-state index contributed by atoms with van der Waals surface area (Å²) in [5, 5.41) is 0. The van der Waals surface area contributed by atoms with Crippen LogP contribution < -0.4 is 0 Å². The van der Waals surface area contributed by atoms with E-state index in [1.165, 1.54) is 13.0 Å². The quantitative estimate of drug-likeness (QED) is 0.803. The first-order valence-electron chi connectivity index (χ1n) is 6.59. The number of alkyl halides is 3. The van der Waals surface area contributed by atoms with Gasteiger partial charge in [0.25, 0.3) is 0 Å². The van der Waals surface area contributed by atoms with Crippen molar-refractivity contribution in [3.8, 4) is 0 Å². The molecule has 2 aromatic carbocycles. The second-order valence-corrected chi connectivity index (χ2v) is 4.98. The third kappa shape index (κ3) is 3.94. The predicted octanol–water partition coefficient (Wildman–Crippen LogP) is 4.62. The van der Waals surface area contributed by atoms with Crippen molar-refractivity contribution in [2.24, 2.45) is 0 Å². The van der Waals surface area contributed by atoms with Crippen LogP contribution in [0.25, 0.3) is 0 Å². The van der Waals surface area contributed by atoms with Crippen molar-refractivity contribution in [1.29, 1.82) is 0 Å². The minimum Gasteiger partial charge on any atom is -0.299 e. The fourth-order valence-electron chi connectivity index (χ4n) is 2.28. The van der Waals surface area contributed by atoms with E-state index in [1.54, 1.807) is 6.07 Å². The first kappa shape index (κ1) is 15.3. The monoisotopic (exact) mass is 292 g/mol. The summed E-state index contributed by atoms with van der Waals surface area (Å²) in [4.78, 5) is 11.8. The van der Waals surface area contributed by atoms with Crippen molar-refractivity contribution in [2.45, 2.75) is 25.4 Å². The number of hydrogen-bond donors (Lipinski definition) is 0. The van der Waals surface area contributed by atoms with Crippen LogP contribution in [-0.4, -0.2) is 5.78 Å². The molecule has 0 aliphatic heterocycles. The minimum atomic E-state index is -4.40. The molecule has 4 heteroatoms. The van der Waals surface area contributed by atoms with Crippen LogP contribution >= 0.6 is 0 Å². The number of halogens is 3. The van der Waals surface area contributed by atoms with Crippen LogP contribution in [0.5, 0.6) is 0 Å². The van der Waals surface area contributed by atoms with Crippen molar-refractivity contribution in [3.63, 3.8) is 0 Å². The minimum absolute atomic E-state index is 0.141. The molecular weight excluding hydrogens is 277 g/mol. The molecule has 0 spiro atoms. The van der Waals surface area contributed by atoms with E-state index in [-0.39, 0.29) is 5.78 Å². The first-order chi connectivity index (χ1) is 9.88. The van der Waals surface area contributed by atoms with Gasteiger partial charge in [-0.2, -0.15) is 13.2 Å². The number of Topliss-reactive ketones (excluding diaryl/α,β-unsaturated/α-hetero) is 1. The molecule has 2 aromatic rings. The van der Waals surface area contributed by atoms with E-state index in [0.717, 1.165) is 17.7 Å². The molecule has 0 aliphatic rings. The summed E-state index contributed by atoms with van der Waals surface area (Å²) < 4.78 is 38.3. The fourth-order valence-corrected chi connectivity index (χ4v) is 2.28. The number of carbonyl (C=O) groups is 1. The van der Waals surface area contributed by atoms with E-state index in [9.17, 15) is 18.0 Å². The number of rotatable bonds is 4. The molecule has 0 bridgehead atoms. The normalized spacial score (nSPS) is 13.0. The average Bonchev–Trinajstić information content (AvgIpc) is 2.45. The maximum absolute atomic E-state index is 12.8. The van der Waals surface area contributed by atoms with Gasteiger partial charge in [0, 0.05) is 5.92 Å². The first-order valence-corrected chi connectivity index (χ1v) is 6.59. The standard InChI is InChI=1S/C17H15F3O/c1-12(21)16(10-13-6-3-2-4-7-13)14-8-5-9-15(11-14)17(18,19)20/h2-9,11,16H,10H2,1H3. The lowest BCUT2D eigenvalue weighted by atomic mass is 9.88. The highest BCUT2D eigenvalue weighted by molar-refractivity contribution is 5.83. The van der Waals surface area contributed by atoms with Crippen molar-refractivity contribution >= 4 is 5.78 Å². The Kier molecular flexibility index (Phi) is 4.46. The molecule has 1 nitrogen and oxygen atoms in total. The number of hydrogen-bond acceptors (Lipinski definition) is 1. The highest BCUT2D eigenvalue weighted by atomic mass is 19.4. The number of benzene rings is 2. The zero-order valence-corrected chi connectivity index (χ0v) is 11.5. The highest BCUT2D eigenvalue weighted by Crippen LogP contribution is 2.32. The van der Waals surface area contributed by atoms with Gasteiger partial charge < -0.3 is 0 Å². The van der Waals surface area contributed by atoms with Gasteiger partial charge in [-0.15, -0.1) is 0 Å². The van der Waals surface area contributed by atoms with Crippen LogP contribution in [-0.2, 0) is 17.4 Å². The number of ketones is 1. The molecule has 0 aliphatic carbocycles. The third-order valence-electron chi connectivity index (χ3n) is 3.39. The number of carbonyl (C=O) groups excluding carboxylic acids is 1. The van der Waals surface area contributed by atoms with Crippen LogP contribution in [0.3, 0.4) is 0 Å². The molecule has 21 heavy (non-hydrogen) atoms. The molecular formula is C17H15F3O. The zero-order chi connectivity index (χ0) is 15.5. The Hall–Kier alpha value is -2.10. The third-order valence-corrected chi connectivity index (χ3v) is 3.39. The van der Waals surface area contributed by atoms with Gasteiger partial charge in [0.1, 0.15) is 5.78 Å². The lowest BCUT2D eigenvalue weighted by Crippen LogP contribution is -2.14. The Balaban J connectivity index is 2.33. The molecule has 0 aromatic heterocycles. The van der Waals surface area contributed by atoms with Gasteiger partial charge in [0.15, 0.2) is 0 Å². The van der Waals surface area contributed by atoms with E-state index in [2.05, 4.69) is 0 Å². The molecule has 0 saturated carbocycles. The Morgan fingerprint density at radius 2 is 1.71 bits per heavy atom.